The van der Waals surface area contributed by atoms with Crippen molar-refractivity contribution in [2.24, 2.45) is 4.99 Å². The first-order chi connectivity index (χ1) is 15.0. The number of aliphatic imine (C=N–C) groups is 1. The average molecular weight is 452 g/mol. The Labute approximate surface area is 185 Å². The molecule has 0 spiro atoms. The van der Waals surface area contributed by atoms with Gasteiger partial charge in [0.15, 0.2) is 5.75 Å². The molecule has 0 saturated heterocycles. The zero-order chi connectivity index (χ0) is 21.8. The van der Waals surface area contributed by atoms with Gasteiger partial charge in [0.1, 0.15) is 10.6 Å². The maximum absolute atomic E-state index is 12.8. The second kappa shape index (κ2) is 8.79. The highest BCUT2D eigenvalue weighted by Gasteiger charge is 2.19. The van der Waals surface area contributed by atoms with E-state index >= 15 is 0 Å². The molecule has 156 valence electrons. The van der Waals surface area contributed by atoms with E-state index in [0.717, 1.165) is 16.5 Å². The molecule has 5 nitrogen and oxygen atoms in total. The van der Waals surface area contributed by atoms with Crippen LogP contribution in [0.15, 0.2) is 94.8 Å². The lowest BCUT2D eigenvalue weighted by Crippen LogP contribution is -2.11. The Morgan fingerprint density at radius 1 is 0.871 bits per heavy atom. The number of ether oxygens (including phenoxy) is 1. The van der Waals surface area contributed by atoms with E-state index in [4.69, 9.17) is 20.5 Å². The summed E-state index contributed by atoms with van der Waals surface area (Å²) < 4.78 is 36.3. The number of fused-ring (bicyclic) bond motifs is 1. The molecule has 0 aliphatic heterocycles. The van der Waals surface area contributed by atoms with Crippen molar-refractivity contribution in [3.05, 3.63) is 95.5 Å². The average Bonchev–Trinajstić information content (AvgIpc) is 2.78. The summed E-state index contributed by atoms with van der Waals surface area (Å²) >= 11 is 5.87. The fraction of sp³-hybridized carbons (Fsp3) is 0.0417. The van der Waals surface area contributed by atoms with Gasteiger partial charge in [-0.1, -0.05) is 41.9 Å². The van der Waals surface area contributed by atoms with Crippen molar-refractivity contribution in [1.82, 2.24) is 0 Å². The molecule has 0 aliphatic rings. The molecule has 4 rings (SSSR count). The number of rotatable bonds is 6. The molecule has 0 aliphatic carbocycles. The van der Waals surface area contributed by atoms with Crippen LogP contribution < -0.4 is 8.92 Å². The lowest BCUT2D eigenvalue weighted by Gasteiger charge is -2.12. The predicted molar refractivity (Wildman–Crippen MR) is 123 cm³/mol. The summed E-state index contributed by atoms with van der Waals surface area (Å²) in [7, 11) is -2.45. The zero-order valence-corrected chi connectivity index (χ0v) is 18.1. The van der Waals surface area contributed by atoms with Crippen LogP contribution in [0.5, 0.6) is 11.5 Å². The molecule has 4 aromatic carbocycles. The van der Waals surface area contributed by atoms with Crippen molar-refractivity contribution >= 4 is 44.4 Å². The van der Waals surface area contributed by atoms with E-state index in [2.05, 4.69) is 4.99 Å². The molecular formula is C24H18ClNO4S. The molecule has 31 heavy (non-hydrogen) atoms. The monoisotopic (exact) mass is 451 g/mol. The Kier molecular flexibility index (Phi) is 5.93. The second-order valence-corrected chi connectivity index (χ2v) is 8.63. The number of hydrogen-bond donors (Lipinski definition) is 0. The molecule has 7 heteroatoms. The summed E-state index contributed by atoms with van der Waals surface area (Å²) in [6, 6.07) is 24.1. The molecule has 0 unspecified atom stereocenters. The first-order valence-electron chi connectivity index (χ1n) is 9.36. The molecule has 0 radical (unpaired) electrons. The third kappa shape index (κ3) is 4.71. The van der Waals surface area contributed by atoms with E-state index in [-0.39, 0.29) is 10.6 Å². The molecule has 0 fully saturated rings. The second-order valence-electron chi connectivity index (χ2n) is 6.65. The number of methoxy groups -OCH3 is 1. The highest BCUT2D eigenvalue weighted by atomic mass is 35.5. The lowest BCUT2D eigenvalue weighted by atomic mass is 10.0. The number of benzene rings is 4. The maximum atomic E-state index is 12.8. The normalized spacial score (nSPS) is 11.7. The van der Waals surface area contributed by atoms with Crippen LogP contribution in [-0.4, -0.2) is 21.7 Å². The fourth-order valence-electron chi connectivity index (χ4n) is 3.06. The summed E-state index contributed by atoms with van der Waals surface area (Å²) in [6.07, 6.45) is 1.61. The summed E-state index contributed by atoms with van der Waals surface area (Å²) in [5.41, 5.74) is 1.26. The lowest BCUT2D eigenvalue weighted by molar-refractivity contribution is 0.415. The van der Waals surface area contributed by atoms with Crippen LogP contribution >= 0.6 is 11.6 Å². The largest absolute Gasteiger partial charge is 0.497 e. The van der Waals surface area contributed by atoms with Gasteiger partial charge < -0.3 is 8.92 Å². The van der Waals surface area contributed by atoms with E-state index in [1.54, 1.807) is 31.5 Å². The minimum absolute atomic E-state index is 0.0168. The summed E-state index contributed by atoms with van der Waals surface area (Å²) in [6.45, 7) is 0. The Morgan fingerprint density at radius 3 is 2.29 bits per heavy atom. The summed E-state index contributed by atoms with van der Waals surface area (Å²) in [5, 5.41) is 2.20. The minimum atomic E-state index is -4.05. The predicted octanol–water partition coefficient (Wildman–Crippen LogP) is 6.02. The molecule has 0 bridgehead atoms. The van der Waals surface area contributed by atoms with Gasteiger partial charge in [0.25, 0.3) is 0 Å². The van der Waals surface area contributed by atoms with E-state index < -0.39 is 10.1 Å². The third-order valence-electron chi connectivity index (χ3n) is 4.65. The van der Waals surface area contributed by atoms with Crippen LogP contribution in [-0.2, 0) is 10.1 Å². The van der Waals surface area contributed by atoms with Gasteiger partial charge >= 0.3 is 10.1 Å². The molecule has 0 heterocycles. The third-order valence-corrected chi connectivity index (χ3v) is 6.15. The van der Waals surface area contributed by atoms with Crippen LogP contribution in [0, 0.1) is 0 Å². The molecule has 4 aromatic rings. The van der Waals surface area contributed by atoms with E-state index in [9.17, 15) is 8.42 Å². The highest BCUT2D eigenvalue weighted by Crippen LogP contribution is 2.30. The molecule has 0 amide bonds. The molecule has 0 N–H and O–H groups in total. The van der Waals surface area contributed by atoms with Gasteiger partial charge in [0.05, 0.1) is 12.8 Å². The van der Waals surface area contributed by atoms with Crippen LogP contribution in [0.1, 0.15) is 5.56 Å². The van der Waals surface area contributed by atoms with Crippen molar-refractivity contribution in [2.75, 3.05) is 7.11 Å². The Hall–Kier alpha value is -3.35. The molecule has 0 atom stereocenters. The van der Waals surface area contributed by atoms with Gasteiger partial charge in [0.2, 0.25) is 0 Å². The molecular weight excluding hydrogens is 434 g/mol. The van der Waals surface area contributed by atoms with Crippen molar-refractivity contribution in [2.45, 2.75) is 4.90 Å². The van der Waals surface area contributed by atoms with Crippen LogP contribution in [0.4, 0.5) is 5.69 Å². The molecule has 0 saturated carbocycles. The maximum Gasteiger partial charge on any atom is 0.339 e. The zero-order valence-electron chi connectivity index (χ0n) is 16.5. The van der Waals surface area contributed by atoms with Crippen LogP contribution in [0.3, 0.4) is 0 Å². The van der Waals surface area contributed by atoms with Gasteiger partial charge in [-0.2, -0.15) is 8.42 Å². The standard InChI is InChI=1S/C24H18ClNO4S/c1-29-20-11-9-19(10-12-20)26-16-23-22-5-3-2-4-17(22)6-15-24(23)30-31(27,28)21-13-7-18(25)8-14-21/h2-16H,1H3. The van der Waals surface area contributed by atoms with E-state index in [0.29, 0.717) is 16.3 Å². The molecule has 0 aromatic heterocycles. The summed E-state index contributed by atoms with van der Waals surface area (Å²) in [5.74, 6) is 0.910. The van der Waals surface area contributed by atoms with Gasteiger partial charge in [-0.15, -0.1) is 0 Å². The van der Waals surface area contributed by atoms with Crippen molar-refractivity contribution in [1.29, 1.82) is 0 Å². The number of nitrogens with zero attached hydrogens (tertiary/aromatic N) is 1. The first kappa shape index (κ1) is 20.9. The Bertz CT molecular complexity index is 1350. The van der Waals surface area contributed by atoms with Crippen LogP contribution in [0.25, 0.3) is 10.8 Å². The van der Waals surface area contributed by atoms with Crippen LogP contribution in [0.2, 0.25) is 5.02 Å². The minimum Gasteiger partial charge on any atom is -0.497 e. The first-order valence-corrected chi connectivity index (χ1v) is 11.1. The SMILES string of the molecule is COc1ccc(N=Cc2c(OS(=O)(=O)c3ccc(Cl)cc3)ccc3ccccc23)cc1. The topological polar surface area (TPSA) is 65.0 Å². The Balaban J connectivity index is 1.76. The quantitative estimate of drug-likeness (QED) is 0.265. The van der Waals surface area contributed by atoms with Crippen molar-refractivity contribution in [3.63, 3.8) is 0 Å². The Morgan fingerprint density at radius 2 is 1.58 bits per heavy atom. The van der Waals surface area contributed by atoms with Gasteiger partial charge in [-0.05, 0) is 65.4 Å². The van der Waals surface area contributed by atoms with Gasteiger partial charge in [-0.3, -0.25) is 4.99 Å². The number of halogens is 1. The van der Waals surface area contributed by atoms with E-state index in [1.807, 2.05) is 42.5 Å². The van der Waals surface area contributed by atoms with Gasteiger partial charge in [0, 0.05) is 16.8 Å². The van der Waals surface area contributed by atoms with Crippen molar-refractivity contribution in [3.8, 4) is 11.5 Å². The summed E-state index contributed by atoms with van der Waals surface area (Å²) in [4.78, 5) is 4.52. The fourth-order valence-corrected chi connectivity index (χ4v) is 4.13. The van der Waals surface area contributed by atoms with Crippen molar-refractivity contribution < 1.29 is 17.3 Å². The highest BCUT2D eigenvalue weighted by molar-refractivity contribution is 7.87. The smallest absolute Gasteiger partial charge is 0.339 e. The number of hydrogen-bond acceptors (Lipinski definition) is 5. The van der Waals surface area contributed by atoms with E-state index in [1.165, 1.54) is 24.3 Å². The van der Waals surface area contributed by atoms with Gasteiger partial charge in [-0.25, -0.2) is 0 Å².